The molecular formula is C23H27NO3. The van der Waals surface area contributed by atoms with Crippen LogP contribution in [0.1, 0.15) is 32.3 Å². The van der Waals surface area contributed by atoms with Crippen LogP contribution in [-0.4, -0.2) is 32.8 Å². The summed E-state index contributed by atoms with van der Waals surface area (Å²) in [5.74, 6) is 1.06. The van der Waals surface area contributed by atoms with Crippen LogP contribution in [0.4, 0.5) is 5.69 Å². The van der Waals surface area contributed by atoms with Crippen LogP contribution >= 0.6 is 0 Å². The molecule has 2 aliphatic heterocycles. The third-order valence-corrected chi connectivity index (χ3v) is 5.95. The number of methoxy groups -OCH3 is 1. The molecule has 4 nitrogen and oxygen atoms in total. The van der Waals surface area contributed by atoms with Crippen molar-refractivity contribution in [2.75, 3.05) is 31.8 Å². The fourth-order valence-electron chi connectivity index (χ4n) is 4.33. The summed E-state index contributed by atoms with van der Waals surface area (Å²) < 4.78 is 10.9. The lowest BCUT2D eigenvalue weighted by Gasteiger charge is -2.34. The summed E-state index contributed by atoms with van der Waals surface area (Å²) in [6.07, 6.45) is 1.93. The summed E-state index contributed by atoms with van der Waals surface area (Å²) in [4.78, 5) is 14.8. The molecule has 0 atom stereocenters. The van der Waals surface area contributed by atoms with Crippen molar-refractivity contribution in [2.24, 2.45) is 5.92 Å². The van der Waals surface area contributed by atoms with Crippen LogP contribution in [0.15, 0.2) is 42.5 Å². The van der Waals surface area contributed by atoms with Crippen LogP contribution in [0.25, 0.3) is 11.1 Å². The molecule has 0 bridgehead atoms. The van der Waals surface area contributed by atoms with Crippen LogP contribution in [0.3, 0.4) is 0 Å². The van der Waals surface area contributed by atoms with Crippen molar-refractivity contribution in [3.8, 4) is 16.9 Å². The number of rotatable bonds is 3. The number of benzene rings is 2. The van der Waals surface area contributed by atoms with E-state index in [-0.39, 0.29) is 17.2 Å². The van der Waals surface area contributed by atoms with Crippen molar-refractivity contribution in [3.05, 3.63) is 48.0 Å². The molecule has 0 radical (unpaired) electrons. The molecule has 4 rings (SSSR count). The van der Waals surface area contributed by atoms with Gasteiger partial charge in [0, 0.05) is 36.8 Å². The molecule has 1 saturated heterocycles. The number of fused-ring (bicyclic) bond motifs is 2. The summed E-state index contributed by atoms with van der Waals surface area (Å²) >= 11 is 0. The molecule has 27 heavy (non-hydrogen) atoms. The molecular weight excluding hydrogens is 338 g/mol. The number of ether oxygens (including phenoxy) is 2. The molecule has 1 amide bonds. The van der Waals surface area contributed by atoms with E-state index in [4.69, 9.17) is 9.47 Å². The second-order valence-electron chi connectivity index (χ2n) is 7.93. The number of nitrogens with zero attached hydrogens (tertiary/aromatic N) is 1. The Bertz CT molecular complexity index is 835. The van der Waals surface area contributed by atoms with Gasteiger partial charge in [0.05, 0.1) is 7.11 Å². The van der Waals surface area contributed by atoms with Crippen LogP contribution in [0.5, 0.6) is 5.75 Å². The van der Waals surface area contributed by atoms with E-state index in [0.29, 0.717) is 0 Å². The maximum atomic E-state index is 12.8. The van der Waals surface area contributed by atoms with Gasteiger partial charge in [-0.1, -0.05) is 32.0 Å². The zero-order valence-corrected chi connectivity index (χ0v) is 16.3. The average Bonchev–Trinajstić information content (AvgIpc) is 3.01. The smallest absolute Gasteiger partial charge is 0.229 e. The van der Waals surface area contributed by atoms with Crippen LogP contribution < -0.4 is 9.64 Å². The van der Waals surface area contributed by atoms with E-state index >= 15 is 0 Å². The van der Waals surface area contributed by atoms with Crippen molar-refractivity contribution in [1.29, 1.82) is 0 Å². The van der Waals surface area contributed by atoms with E-state index < -0.39 is 0 Å². The second kappa shape index (κ2) is 7.01. The molecule has 0 N–H and O–H groups in total. The predicted octanol–water partition coefficient (Wildman–Crippen LogP) is 4.41. The average molecular weight is 365 g/mol. The van der Waals surface area contributed by atoms with Gasteiger partial charge in [-0.05, 0) is 53.8 Å². The predicted molar refractivity (Wildman–Crippen MR) is 107 cm³/mol. The van der Waals surface area contributed by atoms with Gasteiger partial charge in [-0.2, -0.15) is 0 Å². The molecule has 0 aromatic heterocycles. The molecule has 1 fully saturated rings. The molecule has 2 aromatic rings. The second-order valence-corrected chi connectivity index (χ2v) is 7.93. The number of carbonyl (C=O) groups is 1. The first-order valence-corrected chi connectivity index (χ1v) is 9.72. The molecule has 2 aromatic carbocycles. The number of hydrogen-bond donors (Lipinski definition) is 0. The van der Waals surface area contributed by atoms with Crippen molar-refractivity contribution < 1.29 is 14.3 Å². The molecule has 0 saturated carbocycles. The largest absolute Gasteiger partial charge is 0.497 e. The highest BCUT2D eigenvalue weighted by atomic mass is 16.5. The highest BCUT2D eigenvalue weighted by molar-refractivity contribution is 5.98. The van der Waals surface area contributed by atoms with Crippen molar-refractivity contribution >= 4 is 11.6 Å². The van der Waals surface area contributed by atoms with Gasteiger partial charge in [-0.15, -0.1) is 0 Å². The summed E-state index contributed by atoms with van der Waals surface area (Å²) in [7, 11) is 1.68. The van der Waals surface area contributed by atoms with Gasteiger partial charge < -0.3 is 14.4 Å². The maximum Gasteiger partial charge on any atom is 0.229 e. The van der Waals surface area contributed by atoms with E-state index in [0.717, 1.165) is 49.6 Å². The fraction of sp³-hybridized carbons (Fsp3) is 0.435. The minimum absolute atomic E-state index is 0.00546. The van der Waals surface area contributed by atoms with E-state index in [9.17, 15) is 4.79 Å². The quantitative estimate of drug-likeness (QED) is 0.809. The lowest BCUT2D eigenvalue weighted by Crippen LogP contribution is -2.41. The Morgan fingerprint density at radius 3 is 2.37 bits per heavy atom. The summed E-state index contributed by atoms with van der Waals surface area (Å²) in [6, 6.07) is 14.7. The number of anilines is 1. The normalized spacial score (nSPS) is 18.0. The highest BCUT2D eigenvalue weighted by Crippen LogP contribution is 2.48. The number of hydrogen-bond acceptors (Lipinski definition) is 3. The van der Waals surface area contributed by atoms with Crippen LogP contribution in [0.2, 0.25) is 0 Å². The Kier molecular flexibility index (Phi) is 4.68. The lowest BCUT2D eigenvalue weighted by atomic mass is 9.75. The molecule has 142 valence electrons. The van der Waals surface area contributed by atoms with Gasteiger partial charge in [0.15, 0.2) is 0 Å². The first kappa shape index (κ1) is 18.1. The fourth-order valence-corrected chi connectivity index (χ4v) is 4.33. The monoisotopic (exact) mass is 365 g/mol. The lowest BCUT2D eigenvalue weighted by molar-refractivity contribution is -0.121. The van der Waals surface area contributed by atoms with E-state index in [2.05, 4.69) is 30.3 Å². The summed E-state index contributed by atoms with van der Waals surface area (Å²) in [5, 5.41) is 0. The molecule has 0 aliphatic carbocycles. The SMILES string of the molecule is COc1ccc(-c2ccc3c(c2)C2(CCOCC2)CN3C(=O)C(C)C)cc1. The Morgan fingerprint density at radius 1 is 1.07 bits per heavy atom. The van der Waals surface area contributed by atoms with Crippen molar-refractivity contribution in [3.63, 3.8) is 0 Å². The minimum Gasteiger partial charge on any atom is -0.497 e. The molecule has 0 unspecified atom stereocenters. The van der Waals surface area contributed by atoms with Crippen LogP contribution in [0, 0.1) is 5.92 Å². The first-order valence-electron chi connectivity index (χ1n) is 9.72. The van der Waals surface area contributed by atoms with Crippen LogP contribution in [-0.2, 0) is 14.9 Å². The Morgan fingerprint density at radius 2 is 1.74 bits per heavy atom. The van der Waals surface area contributed by atoms with Gasteiger partial charge in [0.25, 0.3) is 0 Å². The Labute approximate surface area is 161 Å². The zero-order valence-electron chi connectivity index (χ0n) is 16.3. The molecule has 4 heteroatoms. The van der Waals surface area contributed by atoms with Crippen molar-refractivity contribution in [1.82, 2.24) is 0 Å². The van der Waals surface area contributed by atoms with Crippen molar-refractivity contribution in [2.45, 2.75) is 32.1 Å². The number of amides is 1. The standard InChI is InChI=1S/C23H27NO3/c1-16(2)22(25)24-15-23(10-12-27-13-11-23)20-14-18(6-9-21(20)24)17-4-7-19(26-3)8-5-17/h4-9,14,16H,10-13,15H2,1-3H3. The van der Waals surface area contributed by atoms with Gasteiger partial charge >= 0.3 is 0 Å². The van der Waals surface area contributed by atoms with Gasteiger partial charge in [0.2, 0.25) is 5.91 Å². The minimum atomic E-state index is -0.00546. The van der Waals surface area contributed by atoms with E-state index in [1.807, 2.05) is 30.9 Å². The Hall–Kier alpha value is -2.33. The van der Waals surface area contributed by atoms with Gasteiger partial charge in [-0.25, -0.2) is 0 Å². The summed E-state index contributed by atoms with van der Waals surface area (Å²) in [5.41, 5.74) is 4.73. The zero-order chi connectivity index (χ0) is 19.0. The summed E-state index contributed by atoms with van der Waals surface area (Å²) in [6.45, 7) is 6.24. The molecule has 2 heterocycles. The van der Waals surface area contributed by atoms with Gasteiger partial charge in [-0.3, -0.25) is 4.79 Å². The molecule has 2 aliphatic rings. The molecule has 1 spiro atoms. The van der Waals surface area contributed by atoms with E-state index in [1.54, 1.807) is 7.11 Å². The maximum absolute atomic E-state index is 12.8. The topological polar surface area (TPSA) is 38.8 Å². The van der Waals surface area contributed by atoms with Gasteiger partial charge in [0.1, 0.15) is 5.75 Å². The third kappa shape index (κ3) is 3.12. The highest BCUT2D eigenvalue weighted by Gasteiger charge is 2.45. The Balaban J connectivity index is 1.77. The van der Waals surface area contributed by atoms with E-state index in [1.165, 1.54) is 11.1 Å². The number of carbonyl (C=O) groups excluding carboxylic acids is 1. The first-order chi connectivity index (χ1) is 13.0. The third-order valence-electron chi connectivity index (χ3n) is 5.95.